The van der Waals surface area contributed by atoms with Crippen LogP contribution in [0.4, 0.5) is 0 Å². The van der Waals surface area contributed by atoms with Crippen LogP contribution in [0.15, 0.2) is 158 Å². The van der Waals surface area contributed by atoms with Crippen molar-refractivity contribution in [3.63, 3.8) is 0 Å². The molecule has 0 spiro atoms. The van der Waals surface area contributed by atoms with Gasteiger partial charge in [-0.3, -0.25) is 0 Å². The molecule has 44 heavy (non-hydrogen) atoms. The lowest BCUT2D eigenvalue weighted by Crippen LogP contribution is -1.95. The Labute approximate surface area is 256 Å². The van der Waals surface area contributed by atoms with Crippen LogP contribution < -0.4 is 0 Å². The summed E-state index contributed by atoms with van der Waals surface area (Å²) in [7, 11) is 0. The highest BCUT2D eigenvalue weighted by atomic mass is 14.9. The summed E-state index contributed by atoms with van der Waals surface area (Å²) in [6.45, 7) is 0. The highest BCUT2D eigenvalue weighted by Crippen LogP contribution is 2.48. The van der Waals surface area contributed by atoms with E-state index in [4.69, 9.17) is 9.97 Å². The summed E-state index contributed by atoms with van der Waals surface area (Å²) >= 11 is 0. The molecule has 0 fully saturated rings. The fourth-order valence-corrected chi connectivity index (χ4v) is 6.64. The summed E-state index contributed by atoms with van der Waals surface area (Å²) in [6.07, 6.45) is 0. The second kappa shape index (κ2) is 9.86. The smallest absolute Gasteiger partial charge is 0.160 e. The van der Waals surface area contributed by atoms with E-state index in [0.717, 1.165) is 33.9 Å². The molecule has 204 valence electrons. The fraction of sp³-hybridized carbons (Fsp3) is 0. The lowest BCUT2D eigenvalue weighted by atomic mass is 9.94. The molecule has 2 nitrogen and oxygen atoms in total. The molecule has 1 aromatic heterocycles. The van der Waals surface area contributed by atoms with Crippen molar-refractivity contribution < 1.29 is 0 Å². The lowest BCUT2D eigenvalue weighted by Gasteiger charge is -2.11. The van der Waals surface area contributed by atoms with Crippen LogP contribution in [0, 0.1) is 0 Å². The van der Waals surface area contributed by atoms with Gasteiger partial charge in [-0.15, -0.1) is 0 Å². The van der Waals surface area contributed by atoms with Crippen molar-refractivity contribution in [2.75, 3.05) is 0 Å². The van der Waals surface area contributed by atoms with E-state index < -0.39 is 0 Å². The van der Waals surface area contributed by atoms with Crippen molar-refractivity contribution in [1.82, 2.24) is 9.97 Å². The maximum absolute atomic E-state index is 5.03. The van der Waals surface area contributed by atoms with Gasteiger partial charge in [0, 0.05) is 16.7 Å². The molecule has 0 bridgehead atoms. The Morgan fingerprint density at radius 3 is 1.61 bits per heavy atom. The van der Waals surface area contributed by atoms with Crippen molar-refractivity contribution in [1.29, 1.82) is 0 Å². The van der Waals surface area contributed by atoms with Crippen LogP contribution >= 0.6 is 0 Å². The highest BCUT2D eigenvalue weighted by molar-refractivity contribution is 6.16. The molecule has 0 amide bonds. The van der Waals surface area contributed by atoms with E-state index in [-0.39, 0.29) is 0 Å². The van der Waals surface area contributed by atoms with E-state index in [1.54, 1.807) is 0 Å². The van der Waals surface area contributed by atoms with E-state index >= 15 is 0 Å². The minimum absolute atomic E-state index is 0.728. The van der Waals surface area contributed by atoms with Crippen LogP contribution in [0.1, 0.15) is 0 Å². The van der Waals surface area contributed by atoms with Gasteiger partial charge in [-0.25, -0.2) is 9.97 Å². The fourth-order valence-electron chi connectivity index (χ4n) is 6.64. The molecule has 9 rings (SSSR count). The molecule has 0 saturated heterocycles. The predicted molar refractivity (Wildman–Crippen MR) is 183 cm³/mol. The minimum atomic E-state index is 0.728. The van der Waals surface area contributed by atoms with Gasteiger partial charge < -0.3 is 0 Å². The summed E-state index contributed by atoms with van der Waals surface area (Å²) in [5.41, 5.74) is 12.7. The van der Waals surface area contributed by atoms with E-state index in [9.17, 15) is 0 Å². The molecule has 0 atom stereocenters. The van der Waals surface area contributed by atoms with Crippen molar-refractivity contribution >= 4 is 21.5 Å². The SMILES string of the molecule is c1ccc(-c2cc(-c3ccc4cc(-c5cc6c7c(cccc7c5)-c5ccccc5-6)ccc4c3)nc(-c3ccccc3)n2)cc1. The summed E-state index contributed by atoms with van der Waals surface area (Å²) in [5, 5.41) is 5.04. The first-order chi connectivity index (χ1) is 21.8. The Morgan fingerprint density at radius 2 is 0.864 bits per heavy atom. The number of aromatic nitrogens is 2. The number of hydrogen-bond donors (Lipinski definition) is 0. The summed E-state index contributed by atoms with van der Waals surface area (Å²) in [4.78, 5) is 9.98. The lowest BCUT2D eigenvalue weighted by molar-refractivity contribution is 1.18. The van der Waals surface area contributed by atoms with E-state index in [1.165, 1.54) is 54.9 Å². The largest absolute Gasteiger partial charge is 0.228 e. The van der Waals surface area contributed by atoms with Gasteiger partial charge in [-0.1, -0.05) is 127 Å². The van der Waals surface area contributed by atoms with Gasteiger partial charge in [-0.2, -0.15) is 0 Å². The van der Waals surface area contributed by atoms with Crippen LogP contribution in [0.3, 0.4) is 0 Å². The zero-order chi connectivity index (χ0) is 29.0. The molecule has 0 aliphatic heterocycles. The van der Waals surface area contributed by atoms with Gasteiger partial charge in [0.2, 0.25) is 0 Å². The first-order valence-electron chi connectivity index (χ1n) is 15.0. The Hall–Kier alpha value is -5.86. The van der Waals surface area contributed by atoms with Gasteiger partial charge in [0.1, 0.15) is 0 Å². The number of hydrogen-bond acceptors (Lipinski definition) is 2. The quantitative estimate of drug-likeness (QED) is 0.215. The summed E-state index contributed by atoms with van der Waals surface area (Å²) in [6, 6.07) is 56.2. The van der Waals surface area contributed by atoms with Crippen molar-refractivity contribution in [2.24, 2.45) is 0 Å². The molecular formula is C42H26N2. The standard InChI is InChI=1S/C42H26N2/c1-3-10-27(11-4-1)39-26-40(44-42(43-39)28-12-5-2-6-13-28)32-21-20-29-22-31(19-18-30(29)23-32)34-24-33-14-9-17-37-35-15-7-8-16-36(35)38(25-34)41(33)37/h1-26H. The van der Waals surface area contributed by atoms with Gasteiger partial charge >= 0.3 is 0 Å². The second-order valence-corrected chi connectivity index (χ2v) is 11.4. The first-order valence-corrected chi connectivity index (χ1v) is 15.0. The van der Waals surface area contributed by atoms with Crippen LogP contribution in [-0.4, -0.2) is 9.97 Å². The van der Waals surface area contributed by atoms with Gasteiger partial charge in [0.25, 0.3) is 0 Å². The van der Waals surface area contributed by atoms with Crippen molar-refractivity contribution in [2.45, 2.75) is 0 Å². The third-order valence-corrected chi connectivity index (χ3v) is 8.78. The highest BCUT2D eigenvalue weighted by Gasteiger charge is 2.21. The van der Waals surface area contributed by atoms with Gasteiger partial charge in [0.05, 0.1) is 11.4 Å². The molecule has 7 aromatic carbocycles. The summed E-state index contributed by atoms with van der Waals surface area (Å²) < 4.78 is 0. The van der Waals surface area contributed by atoms with E-state index in [1.807, 2.05) is 36.4 Å². The molecule has 0 saturated carbocycles. The zero-order valence-electron chi connectivity index (χ0n) is 23.9. The average molecular weight is 559 g/mol. The third kappa shape index (κ3) is 4.04. The number of rotatable bonds is 4. The Balaban J connectivity index is 1.14. The van der Waals surface area contributed by atoms with Crippen LogP contribution in [-0.2, 0) is 0 Å². The minimum Gasteiger partial charge on any atom is -0.228 e. The molecule has 0 N–H and O–H groups in total. The Morgan fingerprint density at radius 1 is 0.295 bits per heavy atom. The molecule has 1 aliphatic rings. The zero-order valence-corrected chi connectivity index (χ0v) is 23.9. The van der Waals surface area contributed by atoms with Crippen molar-refractivity contribution in [3.8, 4) is 67.3 Å². The molecule has 0 radical (unpaired) electrons. The topological polar surface area (TPSA) is 25.8 Å². The number of nitrogens with zero attached hydrogens (tertiary/aromatic N) is 2. The molecule has 1 heterocycles. The Kier molecular flexibility index (Phi) is 5.54. The van der Waals surface area contributed by atoms with Crippen LogP contribution in [0.25, 0.3) is 88.8 Å². The molecule has 8 aromatic rings. The molecule has 2 heteroatoms. The van der Waals surface area contributed by atoms with Crippen LogP contribution in [0.2, 0.25) is 0 Å². The second-order valence-electron chi connectivity index (χ2n) is 11.4. The van der Waals surface area contributed by atoms with Crippen molar-refractivity contribution in [3.05, 3.63) is 158 Å². The van der Waals surface area contributed by atoms with Gasteiger partial charge in [-0.05, 0) is 85.3 Å². The van der Waals surface area contributed by atoms with E-state index in [0.29, 0.717) is 0 Å². The predicted octanol–water partition coefficient (Wildman–Crippen LogP) is 11.1. The third-order valence-electron chi connectivity index (χ3n) is 8.78. The van der Waals surface area contributed by atoms with E-state index in [2.05, 4.69) is 121 Å². The monoisotopic (exact) mass is 558 g/mol. The Bertz CT molecular complexity index is 2320. The normalized spacial score (nSPS) is 11.6. The maximum Gasteiger partial charge on any atom is 0.160 e. The molecular weight excluding hydrogens is 532 g/mol. The summed E-state index contributed by atoms with van der Waals surface area (Å²) in [5.74, 6) is 0.728. The average Bonchev–Trinajstić information content (AvgIpc) is 3.43. The molecule has 1 aliphatic carbocycles. The molecule has 0 unspecified atom stereocenters. The first kappa shape index (κ1) is 24.7. The number of fused-ring (bicyclic) bond motifs is 4. The van der Waals surface area contributed by atoms with Gasteiger partial charge in [0.15, 0.2) is 5.82 Å². The van der Waals surface area contributed by atoms with Crippen LogP contribution in [0.5, 0.6) is 0 Å². The maximum atomic E-state index is 5.03. The number of benzene rings is 7.